The van der Waals surface area contributed by atoms with E-state index in [1.807, 2.05) is 0 Å². The maximum absolute atomic E-state index is 5.58. The van der Waals surface area contributed by atoms with Gasteiger partial charge in [0.25, 0.3) is 0 Å². The lowest BCUT2D eigenvalue weighted by molar-refractivity contribution is 0.700. The summed E-state index contributed by atoms with van der Waals surface area (Å²) < 4.78 is 0. The zero-order chi connectivity index (χ0) is 5.70. The van der Waals surface area contributed by atoms with Gasteiger partial charge in [-0.05, 0) is 0 Å². The summed E-state index contributed by atoms with van der Waals surface area (Å²) in [6, 6.07) is 0. The summed E-state index contributed by atoms with van der Waals surface area (Å²) in [6.07, 6.45) is 3.51. The quantitative estimate of drug-likeness (QED) is 0.472. The highest BCUT2D eigenvalue weighted by Crippen LogP contribution is 2.10. The second kappa shape index (κ2) is 4.23. The Labute approximate surface area is 47.7 Å². The number of hydrogen-bond donors (Lipinski definition) is 0. The van der Waals surface area contributed by atoms with E-state index in [9.17, 15) is 0 Å². The van der Waals surface area contributed by atoms with Gasteiger partial charge in [0, 0.05) is 0 Å². The fourth-order valence-electron chi connectivity index (χ4n) is 0.575. The molecule has 40 valence electrons. The van der Waals surface area contributed by atoms with E-state index in [0.717, 1.165) is 6.42 Å². The first-order valence-electron chi connectivity index (χ1n) is 3.06. The molecule has 0 N–H and O–H groups in total. The van der Waals surface area contributed by atoms with Gasteiger partial charge in [-0.25, -0.2) is 0 Å². The van der Waals surface area contributed by atoms with Crippen LogP contribution in [0, 0.1) is 0 Å². The zero-order valence-electron chi connectivity index (χ0n) is 5.28. The van der Waals surface area contributed by atoms with Crippen LogP contribution in [0.3, 0.4) is 0 Å². The van der Waals surface area contributed by atoms with Crippen LogP contribution in [0.25, 0.3) is 0 Å². The third-order valence-corrected chi connectivity index (χ3v) is 1.18. The minimum atomic E-state index is 0.449. The summed E-state index contributed by atoms with van der Waals surface area (Å²) >= 11 is 0. The third kappa shape index (κ3) is 3.91. The first-order chi connectivity index (χ1) is 3.31. The average molecular weight is 96.0 g/mol. The Kier molecular flexibility index (Phi) is 4.27. The molecule has 0 saturated carbocycles. The van der Waals surface area contributed by atoms with Gasteiger partial charge in [-0.1, -0.05) is 38.9 Å². The van der Waals surface area contributed by atoms with Crippen LogP contribution in [0.15, 0.2) is 0 Å². The molecule has 0 fully saturated rings. The summed E-state index contributed by atoms with van der Waals surface area (Å²) in [5, 5.41) is 0. The van der Waals surface area contributed by atoms with Crippen LogP contribution in [-0.4, -0.2) is 7.85 Å². The van der Waals surface area contributed by atoms with Crippen LogP contribution in [0.2, 0.25) is 5.82 Å². The Bertz CT molecular complexity index is 35.2. The smallest absolute Gasteiger partial charge is 0.0699 e. The molecule has 0 saturated heterocycles. The van der Waals surface area contributed by atoms with Crippen molar-refractivity contribution in [2.45, 2.75) is 38.9 Å². The summed E-state index contributed by atoms with van der Waals surface area (Å²) in [5.41, 5.74) is 0. The number of hydrogen-bond acceptors (Lipinski definition) is 0. The molecule has 0 amide bonds. The Morgan fingerprint density at radius 3 is 2.14 bits per heavy atom. The number of rotatable bonds is 3. The Hall–Kier alpha value is 0.0649. The molecular formula is C6H13B. The average Bonchev–Trinajstić information content (AvgIpc) is 1.68. The predicted octanol–water partition coefficient (Wildman–Crippen LogP) is 2.15. The maximum Gasteiger partial charge on any atom is 0.0699 e. The zero-order valence-corrected chi connectivity index (χ0v) is 5.28. The van der Waals surface area contributed by atoms with Crippen molar-refractivity contribution in [3.63, 3.8) is 0 Å². The van der Waals surface area contributed by atoms with E-state index in [2.05, 4.69) is 13.8 Å². The molecular weight excluding hydrogens is 82.9 g/mol. The molecule has 0 bridgehead atoms. The molecule has 1 heteroatoms. The van der Waals surface area contributed by atoms with Gasteiger partial charge in [-0.3, -0.25) is 0 Å². The van der Waals surface area contributed by atoms with Crippen LogP contribution in [0.5, 0.6) is 0 Å². The van der Waals surface area contributed by atoms with Gasteiger partial charge in [0.2, 0.25) is 0 Å². The lowest BCUT2D eigenvalue weighted by Crippen LogP contribution is -1.86. The Balaban J connectivity index is 2.83. The first-order valence-corrected chi connectivity index (χ1v) is 3.06. The normalized spacial score (nSPS) is 14.0. The second-order valence-electron chi connectivity index (χ2n) is 1.96. The van der Waals surface area contributed by atoms with Crippen LogP contribution in [-0.2, 0) is 0 Å². The van der Waals surface area contributed by atoms with Gasteiger partial charge in [0.05, 0.1) is 7.85 Å². The van der Waals surface area contributed by atoms with Gasteiger partial charge < -0.3 is 0 Å². The first kappa shape index (κ1) is 7.06. The highest BCUT2D eigenvalue weighted by molar-refractivity contribution is 6.11. The van der Waals surface area contributed by atoms with Gasteiger partial charge in [0.1, 0.15) is 0 Å². The molecule has 1 atom stereocenters. The molecule has 0 heterocycles. The Morgan fingerprint density at radius 2 is 2.00 bits per heavy atom. The van der Waals surface area contributed by atoms with E-state index in [-0.39, 0.29) is 0 Å². The van der Waals surface area contributed by atoms with Crippen molar-refractivity contribution in [1.82, 2.24) is 0 Å². The molecule has 0 spiro atoms. The predicted molar refractivity (Wildman–Crippen MR) is 34.7 cm³/mol. The monoisotopic (exact) mass is 96.1 g/mol. The third-order valence-electron chi connectivity index (χ3n) is 1.18. The largest absolute Gasteiger partial charge is 0.0777 e. The molecule has 0 aromatic heterocycles. The van der Waals surface area contributed by atoms with Crippen LogP contribution in [0.4, 0.5) is 0 Å². The molecule has 0 aliphatic carbocycles. The lowest BCUT2D eigenvalue weighted by Gasteiger charge is -2.02. The molecule has 2 radical (unpaired) electrons. The SMILES string of the molecule is [B]C(CC)CCC. The van der Waals surface area contributed by atoms with Crippen LogP contribution >= 0.6 is 0 Å². The summed E-state index contributed by atoms with van der Waals surface area (Å²) in [4.78, 5) is 0. The van der Waals surface area contributed by atoms with Gasteiger partial charge in [-0.2, -0.15) is 0 Å². The molecule has 0 rings (SSSR count). The van der Waals surface area contributed by atoms with Gasteiger partial charge in [0.15, 0.2) is 0 Å². The highest BCUT2D eigenvalue weighted by Gasteiger charge is 1.92. The van der Waals surface area contributed by atoms with E-state index >= 15 is 0 Å². The topological polar surface area (TPSA) is 0 Å². The summed E-state index contributed by atoms with van der Waals surface area (Å²) in [7, 11) is 5.58. The van der Waals surface area contributed by atoms with E-state index in [4.69, 9.17) is 7.85 Å². The minimum Gasteiger partial charge on any atom is -0.0777 e. The van der Waals surface area contributed by atoms with Crippen molar-refractivity contribution in [1.29, 1.82) is 0 Å². The fourth-order valence-corrected chi connectivity index (χ4v) is 0.575. The van der Waals surface area contributed by atoms with Crippen molar-refractivity contribution in [2.24, 2.45) is 0 Å². The molecule has 7 heavy (non-hydrogen) atoms. The van der Waals surface area contributed by atoms with Crippen molar-refractivity contribution in [2.75, 3.05) is 0 Å². The van der Waals surface area contributed by atoms with E-state index in [1.165, 1.54) is 12.8 Å². The van der Waals surface area contributed by atoms with Crippen molar-refractivity contribution >= 4 is 7.85 Å². The summed E-state index contributed by atoms with van der Waals surface area (Å²) in [5.74, 6) is 0.449. The second-order valence-corrected chi connectivity index (χ2v) is 1.96. The molecule has 0 nitrogen and oxygen atoms in total. The fraction of sp³-hybridized carbons (Fsp3) is 1.00. The van der Waals surface area contributed by atoms with E-state index < -0.39 is 0 Å². The molecule has 0 aliphatic rings. The van der Waals surface area contributed by atoms with Crippen LogP contribution < -0.4 is 0 Å². The lowest BCUT2D eigenvalue weighted by atomic mass is 9.82. The summed E-state index contributed by atoms with van der Waals surface area (Å²) in [6.45, 7) is 4.29. The van der Waals surface area contributed by atoms with Crippen LogP contribution in [0.1, 0.15) is 33.1 Å². The highest BCUT2D eigenvalue weighted by atomic mass is 13.9. The molecule has 0 aromatic rings. The maximum atomic E-state index is 5.58. The van der Waals surface area contributed by atoms with E-state index in [1.54, 1.807) is 0 Å². The molecule has 1 unspecified atom stereocenters. The van der Waals surface area contributed by atoms with E-state index in [0.29, 0.717) is 5.82 Å². The Morgan fingerprint density at radius 1 is 1.43 bits per heavy atom. The molecule has 0 aromatic carbocycles. The standard InChI is InChI=1S/C6H13B/c1-3-5-6(7)4-2/h6H,3-5H2,1-2H3. The van der Waals surface area contributed by atoms with Gasteiger partial charge >= 0.3 is 0 Å². The van der Waals surface area contributed by atoms with Gasteiger partial charge in [-0.15, -0.1) is 0 Å². The van der Waals surface area contributed by atoms with Crippen molar-refractivity contribution in [3.05, 3.63) is 0 Å². The van der Waals surface area contributed by atoms with Crippen molar-refractivity contribution < 1.29 is 0 Å². The van der Waals surface area contributed by atoms with Crippen molar-refractivity contribution in [3.8, 4) is 0 Å². The minimum absolute atomic E-state index is 0.449. The molecule has 0 aliphatic heterocycles.